The average molecular weight is 332 g/mol. The predicted molar refractivity (Wildman–Crippen MR) is 94.6 cm³/mol. The fourth-order valence-electron chi connectivity index (χ4n) is 2.91. The Morgan fingerprint density at radius 3 is 2.88 bits per heavy atom. The largest absolute Gasteiger partial charge is 0.378 e. The van der Waals surface area contributed by atoms with Gasteiger partial charge >= 0.3 is 0 Å². The van der Waals surface area contributed by atoms with Gasteiger partial charge in [-0.1, -0.05) is 37.3 Å². The highest BCUT2D eigenvalue weighted by Crippen LogP contribution is 2.29. The van der Waals surface area contributed by atoms with Crippen molar-refractivity contribution >= 4 is 0 Å². The van der Waals surface area contributed by atoms with E-state index in [0.717, 1.165) is 11.4 Å². The number of nitrogens with one attached hydrogen (secondary N) is 1. The van der Waals surface area contributed by atoms with Gasteiger partial charge in [0, 0.05) is 25.4 Å². The molecule has 0 saturated carbocycles. The topological polar surface area (TPSA) is 56.4 Å². The van der Waals surface area contributed by atoms with Gasteiger partial charge in [0.05, 0.1) is 12.7 Å². The second-order valence-corrected chi connectivity index (χ2v) is 6.06. The van der Waals surface area contributed by atoms with Crippen LogP contribution in [0.2, 0.25) is 0 Å². The third-order valence-corrected chi connectivity index (χ3v) is 4.18. The second kappa shape index (κ2) is 9.57. The minimum Gasteiger partial charge on any atom is -0.378 e. The molecule has 24 heavy (non-hydrogen) atoms. The first kappa shape index (κ1) is 18.6. The van der Waals surface area contributed by atoms with Crippen LogP contribution in [0, 0.1) is 5.92 Å². The van der Waals surface area contributed by atoms with Crippen molar-refractivity contribution in [2.75, 3.05) is 13.7 Å². The predicted octanol–water partition coefficient (Wildman–Crippen LogP) is 3.42. The molecule has 0 amide bonds. The molecule has 0 unspecified atom stereocenters. The van der Waals surface area contributed by atoms with Crippen LogP contribution in [0.1, 0.15) is 26.6 Å². The zero-order valence-corrected chi connectivity index (χ0v) is 14.9. The quantitative estimate of drug-likeness (QED) is 0.777. The van der Waals surface area contributed by atoms with Gasteiger partial charge in [-0.15, -0.1) is 0 Å². The van der Waals surface area contributed by atoms with E-state index in [0.29, 0.717) is 13.2 Å². The summed E-state index contributed by atoms with van der Waals surface area (Å²) in [5, 5.41) is 0. The van der Waals surface area contributed by atoms with E-state index >= 15 is 0 Å². The van der Waals surface area contributed by atoms with Gasteiger partial charge in [-0.2, -0.15) is 0 Å². The Balaban J connectivity index is 2.12. The molecule has 1 aromatic rings. The number of hydrogen-bond donors (Lipinski definition) is 1. The Kier molecular flexibility index (Phi) is 7.43. The number of allylic oxidation sites excluding steroid dienone is 5. The molecular formula is C19H28N2O3. The number of H-pyrrole nitrogens is 1. The van der Waals surface area contributed by atoms with Gasteiger partial charge in [0.1, 0.15) is 24.6 Å². The minimum absolute atomic E-state index is 0.0124. The number of nitrogens with zero attached hydrogens (tertiary/aromatic N) is 1. The highest BCUT2D eigenvalue weighted by Gasteiger charge is 2.40. The third kappa shape index (κ3) is 4.90. The normalized spacial score (nSPS) is 28.9. The highest BCUT2D eigenvalue weighted by atomic mass is 16.6. The Hall–Kier alpha value is -1.69. The van der Waals surface area contributed by atoms with E-state index in [4.69, 9.17) is 14.2 Å². The van der Waals surface area contributed by atoms with Crippen LogP contribution < -0.4 is 0 Å². The molecule has 1 aromatic heterocycles. The van der Waals surface area contributed by atoms with E-state index in [1.165, 1.54) is 0 Å². The zero-order valence-electron chi connectivity index (χ0n) is 14.9. The number of hydrogen-bond acceptors (Lipinski definition) is 4. The molecule has 4 atom stereocenters. The number of imidazole rings is 1. The zero-order chi connectivity index (χ0) is 17.4. The molecule has 5 nitrogen and oxygen atoms in total. The van der Waals surface area contributed by atoms with Gasteiger partial charge in [-0.25, -0.2) is 4.98 Å². The van der Waals surface area contributed by atoms with Crippen LogP contribution in [0.25, 0.3) is 0 Å². The van der Waals surface area contributed by atoms with Crippen molar-refractivity contribution in [3.63, 3.8) is 0 Å². The van der Waals surface area contributed by atoms with Gasteiger partial charge in [-0.05, 0) is 19.4 Å². The molecule has 0 aliphatic carbocycles. The fraction of sp³-hybridized carbons (Fsp3) is 0.526. The fourth-order valence-corrected chi connectivity index (χ4v) is 2.91. The van der Waals surface area contributed by atoms with Crippen LogP contribution in [0.4, 0.5) is 0 Å². The number of ether oxygens (including phenoxy) is 3. The van der Waals surface area contributed by atoms with Gasteiger partial charge in [-0.3, -0.25) is 0 Å². The van der Waals surface area contributed by atoms with Crippen molar-refractivity contribution in [1.82, 2.24) is 9.97 Å². The van der Waals surface area contributed by atoms with Crippen molar-refractivity contribution in [3.8, 4) is 0 Å². The summed E-state index contributed by atoms with van der Waals surface area (Å²) in [6.45, 7) is 7.25. The van der Waals surface area contributed by atoms with E-state index in [1.54, 1.807) is 19.5 Å². The lowest BCUT2D eigenvalue weighted by molar-refractivity contribution is -0.184. The van der Waals surface area contributed by atoms with Crippen LogP contribution in [0.3, 0.4) is 0 Å². The highest BCUT2D eigenvalue weighted by molar-refractivity contribution is 5.20. The van der Waals surface area contributed by atoms with E-state index in [-0.39, 0.29) is 24.2 Å². The van der Waals surface area contributed by atoms with E-state index in [9.17, 15) is 0 Å². The smallest absolute Gasteiger partial charge is 0.132 e. The molecule has 0 spiro atoms. The summed E-state index contributed by atoms with van der Waals surface area (Å²) in [5.74, 6) is 1.08. The Morgan fingerprint density at radius 1 is 1.38 bits per heavy atom. The lowest BCUT2D eigenvalue weighted by atomic mass is 9.90. The van der Waals surface area contributed by atoms with Crippen molar-refractivity contribution in [1.29, 1.82) is 0 Å². The lowest BCUT2D eigenvalue weighted by Crippen LogP contribution is -2.51. The number of methoxy groups -OCH3 is 1. The first-order valence-electron chi connectivity index (χ1n) is 8.37. The van der Waals surface area contributed by atoms with Gasteiger partial charge in [0.15, 0.2) is 0 Å². The Morgan fingerprint density at radius 2 is 2.21 bits per heavy atom. The standard InChI is InChI=1S/C19H28N2O3/c1-5-6-7-8-9-14(2)18-19(17(22-4)15(3)12-23-18)24-13-16-20-10-11-21-16/h5-11,15,17-19H,12-13H2,1-4H3,(H,20,21)/b6-5+,8-7+,14-9+/t15-,17-,18-,19+/m1/s1. The van der Waals surface area contributed by atoms with Crippen LogP contribution in [-0.4, -0.2) is 42.0 Å². The molecular weight excluding hydrogens is 304 g/mol. The van der Waals surface area contributed by atoms with Gasteiger partial charge < -0.3 is 19.2 Å². The van der Waals surface area contributed by atoms with Crippen molar-refractivity contribution in [3.05, 3.63) is 54.2 Å². The summed E-state index contributed by atoms with van der Waals surface area (Å²) < 4.78 is 17.9. The molecule has 1 fully saturated rings. The molecule has 2 heterocycles. The van der Waals surface area contributed by atoms with Crippen molar-refractivity contribution in [2.24, 2.45) is 5.92 Å². The molecule has 2 rings (SSSR count). The summed E-state index contributed by atoms with van der Waals surface area (Å²) >= 11 is 0. The molecule has 0 radical (unpaired) electrons. The molecule has 1 N–H and O–H groups in total. The molecule has 1 aliphatic heterocycles. The maximum atomic E-state index is 6.14. The van der Waals surface area contributed by atoms with Crippen LogP contribution in [-0.2, 0) is 20.8 Å². The minimum atomic E-state index is -0.171. The van der Waals surface area contributed by atoms with E-state index in [2.05, 4.69) is 29.9 Å². The van der Waals surface area contributed by atoms with E-state index < -0.39 is 0 Å². The molecule has 1 aliphatic rings. The maximum Gasteiger partial charge on any atom is 0.132 e. The monoisotopic (exact) mass is 332 g/mol. The summed E-state index contributed by atoms with van der Waals surface area (Å²) in [4.78, 5) is 7.28. The molecule has 1 saturated heterocycles. The molecule has 0 bridgehead atoms. The summed E-state index contributed by atoms with van der Waals surface area (Å²) in [5.41, 5.74) is 1.12. The van der Waals surface area contributed by atoms with Crippen LogP contribution in [0.15, 0.2) is 48.3 Å². The lowest BCUT2D eigenvalue weighted by Gasteiger charge is -2.41. The Bertz CT molecular complexity index is 563. The first-order chi connectivity index (χ1) is 11.7. The second-order valence-electron chi connectivity index (χ2n) is 6.06. The van der Waals surface area contributed by atoms with Crippen LogP contribution in [0.5, 0.6) is 0 Å². The first-order valence-corrected chi connectivity index (χ1v) is 8.37. The molecule has 5 heteroatoms. The Labute approximate surface area is 144 Å². The van der Waals surface area contributed by atoms with Crippen molar-refractivity contribution in [2.45, 2.75) is 45.7 Å². The van der Waals surface area contributed by atoms with Gasteiger partial charge in [0.25, 0.3) is 0 Å². The molecule has 0 aromatic carbocycles. The average Bonchev–Trinajstić information content (AvgIpc) is 3.10. The maximum absolute atomic E-state index is 6.14. The number of aromatic nitrogens is 2. The van der Waals surface area contributed by atoms with Crippen LogP contribution >= 0.6 is 0 Å². The summed E-state index contributed by atoms with van der Waals surface area (Å²) in [6, 6.07) is 0. The van der Waals surface area contributed by atoms with Crippen molar-refractivity contribution < 1.29 is 14.2 Å². The summed E-state index contributed by atoms with van der Waals surface area (Å²) in [6.07, 6.45) is 13.3. The third-order valence-electron chi connectivity index (χ3n) is 4.18. The van der Waals surface area contributed by atoms with E-state index in [1.807, 2.05) is 31.2 Å². The number of aromatic amines is 1. The summed E-state index contributed by atoms with van der Waals surface area (Å²) in [7, 11) is 1.73. The van der Waals surface area contributed by atoms with Gasteiger partial charge in [0.2, 0.25) is 0 Å². The molecule has 132 valence electrons. The number of rotatable bonds is 7. The SMILES string of the molecule is C/C=C/C=C/C=C(\C)[C@H]1OC[C@@H](C)[C@@H](OC)[C@@H]1OCc1ncc[nH]1.